The molecule has 0 aliphatic heterocycles. The second kappa shape index (κ2) is 50.1. The smallest absolute Gasteiger partial charge is 0.268 e. The zero-order valence-electron chi connectivity index (χ0n) is 45.0. The quantitative estimate of drug-likeness (QED) is 0.0272. The lowest BCUT2D eigenvalue weighted by molar-refractivity contribution is -0.870. The second-order valence-electron chi connectivity index (χ2n) is 19.6. The SMILES string of the molecule is CC/C=C\C/C=C\C/C=C\C/C=C\C/C=C\C/C=C\C/C=C\C/C=C\CCCCCCCCC(=O)NC(COP(=O)([O-])OCC[N+](C)(C)C)C(O)/C=C/CCCCCCCCCCCCCCCC. The highest BCUT2D eigenvalue weighted by molar-refractivity contribution is 7.45. The summed E-state index contributed by atoms with van der Waals surface area (Å²) in [6, 6.07) is -0.902. The van der Waals surface area contributed by atoms with Gasteiger partial charge in [0.2, 0.25) is 5.91 Å². The predicted molar refractivity (Wildman–Crippen MR) is 297 cm³/mol. The summed E-state index contributed by atoms with van der Waals surface area (Å²) >= 11 is 0. The summed E-state index contributed by atoms with van der Waals surface area (Å²) in [7, 11) is 1.23. The Kier molecular flexibility index (Phi) is 48.1. The Bertz CT molecular complexity index is 1490. The number of phosphoric acid groups is 1. The van der Waals surface area contributed by atoms with Crippen LogP contribution in [0.5, 0.6) is 0 Å². The van der Waals surface area contributed by atoms with Crippen molar-refractivity contribution in [3.05, 3.63) is 109 Å². The molecule has 0 aromatic carbocycles. The van der Waals surface area contributed by atoms with Crippen LogP contribution in [0.2, 0.25) is 0 Å². The molecule has 0 saturated heterocycles. The Morgan fingerprint density at radius 3 is 1.29 bits per heavy atom. The fourth-order valence-corrected chi connectivity index (χ4v) is 8.13. The minimum absolute atomic E-state index is 0.00983. The molecule has 0 fully saturated rings. The number of unbranched alkanes of at least 4 members (excludes halogenated alkanes) is 20. The molecule has 0 heterocycles. The monoisotopic (exact) mass is 981 g/mol. The number of quaternary nitrogens is 1. The van der Waals surface area contributed by atoms with E-state index in [4.69, 9.17) is 9.05 Å². The van der Waals surface area contributed by atoms with E-state index in [1.165, 1.54) is 83.5 Å². The number of amides is 1. The molecule has 0 saturated carbocycles. The average Bonchev–Trinajstić information content (AvgIpc) is 3.31. The van der Waals surface area contributed by atoms with Gasteiger partial charge in [0.15, 0.2) is 0 Å². The van der Waals surface area contributed by atoms with Crippen LogP contribution >= 0.6 is 7.82 Å². The van der Waals surface area contributed by atoms with Crippen molar-refractivity contribution < 1.29 is 32.9 Å². The van der Waals surface area contributed by atoms with E-state index in [0.717, 1.165) is 109 Å². The number of aliphatic hydroxyl groups is 1. The van der Waals surface area contributed by atoms with Crippen LogP contribution in [0.1, 0.15) is 213 Å². The van der Waals surface area contributed by atoms with E-state index in [1.807, 2.05) is 27.2 Å². The fraction of sp³-hybridized carbons (Fsp3) is 0.683. The molecule has 8 nitrogen and oxygen atoms in total. The molecule has 0 bridgehead atoms. The number of nitrogens with zero attached hydrogens (tertiary/aromatic N) is 1. The number of hydrogen-bond donors (Lipinski definition) is 2. The van der Waals surface area contributed by atoms with E-state index in [0.29, 0.717) is 17.4 Å². The van der Waals surface area contributed by atoms with Crippen molar-refractivity contribution in [2.75, 3.05) is 40.9 Å². The standard InChI is InChI=1S/C60H105N2O6P/c1-6-8-10-12-14-16-18-20-22-24-25-26-27-28-29-30-31-32-33-34-35-36-37-38-40-42-44-46-48-50-52-54-60(64)61-58(57-68-69(65,66)67-56-55-62(3,4)5)59(63)53-51-49-47-45-43-41-39-23-21-19-17-15-13-11-9-7-2/h8,10,14,16,20,22,25-26,28-29,31-32,34-35,37-38,51,53,58-59,63H,6-7,9,11-13,15,17-19,21,23-24,27,30,33,36,39-50,52,54-57H2,1-5H3,(H-,61,64,65,66)/b10-8-,16-14-,22-20-,26-25-,29-28-,32-31-,35-34-,38-37-,53-51+. The highest BCUT2D eigenvalue weighted by Crippen LogP contribution is 2.38. The van der Waals surface area contributed by atoms with Gasteiger partial charge >= 0.3 is 0 Å². The van der Waals surface area contributed by atoms with Gasteiger partial charge in [-0.3, -0.25) is 9.36 Å². The number of hydrogen-bond acceptors (Lipinski definition) is 6. The summed E-state index contributed by atoms with van der Waals surface area (Å²) in [5, 5.41) is 13.8. The number of nitrogens with one attached hydrogen (secondary N) is 1. The van der Waals surface area contributed by atoms with Crippen LogP contribution in [0.25, 0.3) is 0 Å². The molecule has 0 rings (SSSR count). The van der Waals surface area contributed by atoms with Gasteiger partial charge in [0, 0.05) is 6.42 Å². The largest absolute Gasteiger partial charge is 0.756 e. The maximum atomic E-state index is 12.9. The summed E-state index contributed by atoms with van der Waals surface area (Å²) in [4.78, 5) is 25.5. The third kappa shape index (κ3) is 52.8. The first kappa shape index (κ1) is 66.2. The van der Waals surface area contributed by atoms with Crippen molar-refractivity contribution in [3.63, 3.8) is 0 Å². The summed E-state index contributed by atoms with van der Waals surface area (Å²) in [6.45, 7) is 4.51. The summed E-state index contributed by atoms with van der Waals surface area (Å²) in [5.74, 6) is -0.216. The molecule has 3 unspecified atom stereocenters. The Hall–Kier alpha value is -2.84. The second-order valence-corrected chi connectivity index (χ2v) is 21.0. The Balaban J connectivity index is 4.28. The Morgan fingerprint density at radius 2 is 0.884 bits per heavy atom. The van der Waals surface area contributed by atoms with Crippen molar-refractivity contribution in [1.82, 2.24) is 5.32 Å². The molecule has 0 aliphatic rings. The van der Waals surface area contributed by atoms with Crippen molar-refractivity contribution in [3.8, 4) is 0 Å². The third-order valence-corrected chi connectivity index (χ3v) is 12.7. The van der Waals surface area contributed by atoms with Crippen LogP contribution in [-0.2, 0) is 18.4 Å². The molecule has 0 spiro atoms. The van der Waals surface area contributed by atoms with E-state index in [-0.39, 0.29) is 12.5 Å². The molecule has 0 aromatic heterocycles. The van der Waals surface area contributed by atoms with Crippen LogP contribution in [-0.4, -0.2) is 68.5 Å². The van der Waals surface area contributed by atoms with Gasteiger partial charge in [-0.05, 0) is 83.5 Å². The molecule has 69 heavy (non-hydrogen) atoms. The molecule has 2 N–H and O–H groups in total. The maximum absolute atomic E-state index is 12.9. The van der Waals surface area contributed by atoms with Gasteiger partial charge in [0.1, 0.15) is 13.2 Å². The number of likely N-dealkylation sites (N-methyl/N-ethyl adjacent to an activating group) is 1. The normalized spacial score (nSPS) is 14.8. The molecule has 396 valence electrons. The number of carbonyl (C=O) groups is 1. The number of aliphatic hydroxyl groups excluding tert-OH is 1. The zero-order chi connectivity index (χ0) is 50.6. The lowest BCUT2D eigenvalue weighted by atomic mass is 10.0. The Morgan fingerprint density at radius 1 is 0.522 bits per heavy atom. The fourth-order valence-electron chi connectivity index (χ4n) is 7.40. The molecule has 0 radical (unpaired) electrons. The molecule has 1 amide bonds. The van der Waals surface area contributed by atoms with E-state index in [2.05, 4.69) is 116 Å². The van der Waals surface area contributed by atoms with Crippen LogP contribution in [0.15, 0.2) is 109 Å². The van der Waals surface area contributed by atoms with E-state index in [1.54, 1.807) is 6.08 Å². The lowest BCUT2D eigenvalue weighted by Crippen LogP contribution is -2.45. The van der Waals surface area contributed by atoms with Gasteiger partial charge in [-0.1, -0.05) is 232 Å². The zero-order valence-corrected chi connectivity index (χ0v) is 45.9. The van der Waals surface area contributed by atoms with Gasteiger partial charge in [-0.15, -0.1) is 0 Å². The molecule has 0 aliphatic carbocycles. The molecule has 0 aromatic rings. The van der Waals surface area contributed by atoms with Crippen molar-refractivity contribution in [1.29, 1.82) is 0 Å². The van der Waals surface area contributed by atoms with Crippen molar-refractivity contribution in [2.45, 2.75) is 225 Å². The maximum Gasteiger partial charge on any atom is 0.268 e. The number of carbonyl (C=O) groups excluding carboxylic acids is 1. The van der Waals surface area contributed by atoms with Crippen LogP contribution in [0.3, 0.4) is 0 Å². The first-order chi connectivity index (χ1) is 33.5. The first-order valence-corrected chi connectivity index (χ1v) is 29.2. The molecular formula is C60H105N2O6P. The minimum Gasteiger partial charge on any atom is -0.756 e. The number of phosphoric ester groups is 1. The topological polar surface area (TPSA) is 108 Å². The van der Waals surface area contributed by atoms with Gasteiger partial charge in [0.05, 0.1) is 39.9 Å². The van der Waals surface area contributed by atoms with Crippen molar-refractivity contribution in [2.24, 2.45) is 0 Å². The van der Waals surface area contributed by atoms with Crippen molar-refractivity contribution >= 4 is 13.7 Å². The third-order valence-electron chi connectivity index (χ3n) is 11.7. The average molecular weight is 981 g/mol. The van der Waals surface area contributed by atoms with Crippen LogP contribution in [0.4, 0.5) is 0 Å². The molecule has 3 atom stereocenters. The van der Waals surface area contributed by atoms with Gasteiger partial charge < -0.3 is 28.8 Å². The highest BCUT2D eigenvalue weighted by Gasteiger charge is 2.23. The molecule has 9 heteroatoms. The van der Waals surface area contributed by atoms with E-state index < -0.39 is 26.6 Å². The van der Waals surface area contributed by atoms with Gasteiger partial charge in [-0.25, -0.2) is 0 Å². The molecular weight excluding hydrogens is 876 g/mol. The minimum atomic E-state index is -4.61. The summed E-state index contributed by atoms with van der Waals surface area (Å²) < 4.78 is 23.3. The predicted octanol–water partition coefficient (Wildman–Crippen LogP) is 16.2. The van der Waals surface area contributed by atoms with Gasteiger partial charge in [0.25, 0.3) is 7.82 Å². The van der Waals surface area contributed by atoms with Gasteiger partial charge in [-0.2, -0.15) is 0 Å². The highest BCUT2D eigenvalue weighted by atomic mass is 31.2. The summed E-state index contributed by atoms with van der Waals surface area (Å²) in [6.07, 6.45) is 72.9. The van der Waals surface area contributed by atoms with E-state index >= 15 is 0 Å². The summed E-state index contributed by atoms with van der Waals surface area (Å²) in [5.41, 5.74) is 0. The number of allylic oxidation sites excluding steroid dienone is 17. The van der Waals surface area contributed by atoms with E-state index in [9.17, 15) is 19.4 Å². The van der Waals surface area contributed by atoms with Crippen LogP contribution in [0, 0.1) is 0 Å². The number of rotatable bonds is 49. The van der Waals surface area contributed by atoms with Crippen LogP contribution < -0.4 is 10.2 Å². The lowest BCUT2D eigenvalue weighted by Gasteiger charge is -2.29. The Labute approximate surface area is 425 Å². The first-order valence-electron chi connectivity index (χ1n) is 27.7.